The topological polar surface area (TPSA) is 73.2 Å². The Labute approximate surface area is 105 Å². The highest BCUT2D eigenvalue weighted by Gasteiger charge is 2.18. The van der Waals surface area contributed by atoms with Gasteiger partial charge in [0.05, 0.1) is 6.54 Å². The maximum Gasteiger partial charge on any atom is 0.317 e. The molecule has 6 heteroatoms. The number of nitroso groups, excluding NO2 is 1. The van der Waals surface area contributed by atoms with Crippen molar-refractivity contribution >= 4 is 17.3 Å². The number of hydrogen-bond donors (Lipinski definition) is 1. The van der Waals surface area contributed by atoms with Gasteiger partial charge in [-0.3, -0.25) is 9.69 Å². The normalized spacial score (nSPS) is 16.6. The second kappa shape index (κ2) is 5.59. The molecule has 0 bridgehead atoms. The third-order valence-electron chi connectivity index (χ3n) is 3.05. The number of carboxylic acid groups (broad SMARTS) is 1. The highest BCUT2D eigenvalue weighted by Crippen LogP contribution is 2.20. The molecule has 1 aliphatic rings. The number of nitrogens with zero attached hydrogens (tertiary/aromatic N) is 3. The third kappa shape index (κ3) is 3.04. The quantitative estimate of drug-likeness (QED) is 0.814. The first kappa shape index (κ1) is 12.5. The van der Waals surface area contributed by atoms with Crippen molar-refractivity contribution in [2.24, 2.45) is 5.18 Å². The molecule has 2 rings (SSSR count). The van der Waals surface area contributed by atoms with Crippen LogP contribution in [0.4, 0.5) is 11.4 Å². The summed E-state index contributed by atoms with van der Waals surface area (Å²) in [7, 11) is 0. The molecule has 1 heterocycles. The smallest absolute Gasteiger partial charge is 0.317 e. The van der Waals surface area contributed by atoms with Crippen molar-refractivity contribution in [3.05, 3.63) is 29.2 Å². The Kier molecular flexibility index (Phi) is 3.88. The van der Waals surface area contributed by atoms with Crippen molar-refractivity contribution in [1.82, 2.24) is 4.90 Å². The van der Waals surface area contributed by atoms with Crippen LogP contribution >= 0.6 is 0 Å². The van der Waals surface area contributed by atoms with E-state index in [9.17, 15) is 9.70 Å². The SMILES string of the molecule is O=Nc1ccc(N2CCN(CC(=O)O)CC2)cc1. The molecule has 0 aromatic heterocycles. The zero-order chi connectivity index (χ0) is 13.0. The molecule has 0 aliphatic carbocycles. The molecule has 0 saturated carbocycles. The number of hydrogen-bond acceptors (Lipinski definition) is 5. The molecule has 0 radical (unpaired) electrons. The monoisotopic (exact) mass is 249 g/mol. The molecule has 1 aromatic rings. The number of benzene rings is 1. The average molecular weight is 249 g/mol. The van der Waals surface area contributed by atoms with Crippen molar-refractivity contribution in [1.29, 1.82) is 0 Å². The summed E-state index contributed by atoms with van der Waals surface area (Å²) in [4.78, 5) is 25.0. The second-order valence-electron chi connectivity index (χ2n) is 4.26. The van der Waals surface area contributed by atoms with Crippen molar-refractivity contribution < 1.29 is 9.90 Å². The lowest BCUT2D eigenvalue weighted by atomic mass is 10.2. The minimum atomic E-state index is -0.787. The van der Waals surface area contributed by atoms with Crippen LogP contribution in [0, 0.1) is 4.91 Å². The van der Waals surface area contributed by atoms with Gasteiger partial charge in [0, 0.05) is 31.9 Å². The molecule has 0 spiro atoms. The largest absolute Gasteiger partial charge is 0.480 e. The second-order valence-corrected chi connectivity index (χ2v) is 4.26. The molecule has 18 heavy (non-hydrogen) atoms. The lowest BCUT2D eigenvalue weighted by molar-refractivity contribution is -0.138. The Hall–Kier alpha value is -1.95. The highest BCUT2D eigenvalue weighted by molar-refractivity contribution is 5.69. The molecule has 6 nitrogen and oxygen atoms in total. The molecule has 1 N–H and O–H groups in total. The van der Waals surface area contributed by atoms with Gasteiger partial charge in [-0.2, -0.15) is 0 Å². The first-order valence-corrected chi connectivity index (χ1v) is 5.81. The standard InChI is InChI=1S/C12H15N3O3/c16-12(17)9-14-5-7-15(8-6-14)11-3-1-10(13-18)2-4-11/h1-4H,5-9H2,(H,16,17). The van der Waals surface area contributed by atoms with E-state index >= 15 is 0 Å². The summed E-state index contributed by atoms with van der Waals surface area (Å²) < 4.78 is 0. The van der Waals surface area contributed by atoms with Crippen LogP contribution in [0.1, 0.15) is 0 Å². The number of piperazine rings is 1. The third-order valence-corrected chi connectivity index (χ3v) is 3.05. The summed E-state index contributed by atoms with van der Waals surface area (Å²) >= 11 is 0. The van der Waals surface area contributed by atoms with E-state index < -0.39 is 5.97 Å². The maximum atomic E-state index is 10.6. The van der Waals surface area contributed by atoms with Crippen LogP contribution in [-0.4, -0.2) is 48.7 Å². The minimum Gasteiger partial charge on any atom is -0.480 e. The van der Waals surface area contributed by atoms with Crippen LogP contribution in [0.3, 0.4) is 0 Å². The summed E-state index contributed by atoms with van der Waals surface area (Å²) in [5, 5.41) is 11.6. The van der Waals surface area contributed by atoms with E-state index in [2.05, 4.69) is 10.1 Å². The van der Waals surface area contributed by atoms with Gasteiger partial charge in [-0.15, -0.1) is 4.91 Å². The van der Waals surface area contributed by atoms with Crippen LogP contribution in [0.15, 0.2) is 29.4 Å². The molecule has 0 amide bonds. The predicted octanol–water partition coefficient (Wildman–Crippen LogP) is 1.29. The van der Waals surface area contributed by atoms with Gasteiger partial charge in [0.25, 0.3) is 0 Å². The average Bonchev–Trinajstić information content (AvgIpc) is 2.39. The van der Waals surface area contributed by atoms with Gasteiger partial charge in [0.1, 0.15) is 5.69 Å². The van der Waals surface area contributed by atoms with Gasteiger partial charge >= 0.3 is 5.97 Å². The molecule has 1 saturated heterocycles. The van der Waals surface area contributed by atoms with Gasteiger partial charge < -0.3 is 10.0 Å². The first-order valence-electron chi connectivity index (χ1n) is 5.81. The van der Waals surface area contributed by atoms with Crippen molar-refractivity contribution in [2.45, 2.75) is 0 Å². The van der Waals surface area contributed by atoms with Gasteiger partial charge in [0.15, 0.2) is 0 Å². The van der Waals surface area contributed by atoms with Crippen LogP contribution in [0.25, 0.3) is 0 Å². The Balaban J connectivity index is 1.92. The fourth-order valence-electron chi connectivity index (χ4n) is 2.08. The fourth-order valence-corrected chi connectivity index (χ4v) is 2.08. The van der Waals surface area contributed by atoms with Crippen LogP contribution in [0.2, 0.25) is 0 Å². The summed E-state index contributed by atoms with van der Waals surface area (Å²) in [6.45, 7) is 3.16. The predicted molar refractivity (Wildman–Crippen MR) is 68.2 cm³/mol. The zero-order valence-electron chi connectivity index (χ0n) is 9.95. The minimum absolute atomic E-state index is 0.0990. The molecule has 1 aliphatic heterocycles. The molecular weight excluding hydrogens is 234 g/mol. The Morgan fingerprint density at radius 3 is 2.28 bits per heavy atom. The van der Waals surface area contributed by atoms with Gasteiger partial charge in [-0.1, -0.05) is 0 Å². The number of aliphatic carboxylic acids is 1. The molecule has 1 aromatic carbocycles. The van der Waals surface area contributed by atoms with Crippen molar-refractivity contribution in [3.8, 4) is 0 Å². The van der Waals surface area contributed by atoms with Gasteiger partial charge in [-0.05, 0) is 29.4 Å². The summed E-state index contributed by atoms with van der Waals surface area (Å²) in [6.07, 6.45) is 0. The maximum absolute atomic E-state index is 10.6. The van der Waals surface area contributed by atoms with E-state index in [1.165, 1.54) is 0 Å². The fraction of sp³-hybridized carbons (Fsp3) is 0.417. The van der Waals surface area contributed by atoms with E-state index in [-0.39, 0.29) is 6.54 Å². The molecular formula is C12H15N3O3. The number of rotatable bonds is 4. The van der Waals surface area contributed by atoms with E-state index in [0.29, 0.717) is 5.69 Å². The zero-order valence-corrected chi connectivity index (χ0v) is 9.95. The summed E-state index contributed by atoms with van der Waals surface area (Å²) in [5.41, 5.74) is 1.46. The Morgan fingerprint density at radius 2 is 1.78 bits per heavy atom. The number of anilines is 1. The highest BCUT2D eigenvalue weighted by atomic mass is 16.4. The van der Waals surface area contributed by atoms with Crippen LogP contribution in [-0.2, 0) is 4.79 Å². The van der Waals surface area contributed by atoms with Gasteiger partial charge in [-0.25, -0.2) is 0 Å². The lowest BCUT2D eigenvalue weighted by Crippen LogP contribution is -2.47. The van der Waals surface area contributed by atoms with Gasteiger partial charge in [0.2, 0.25) is 0 Å². The number of carbonyl (C=O) groups is 1. The number of carboxylic acids is 1. The van der Waals surface area contributed by atoms with E-state index in [4.69, 9.17) is 5.11 Å². The van der Waals surface area contributed by atoms with E-state index in [1.807, 2.05) is 17.0 Å². The van der Waals surface area contributed by atoms with E-state index in [0.717, 1.165) is 31.9 Å². The Bertz CT molecular complexity index is 425. The van der Waals surface area contributed by atoms with Crippen LogP contribution < -0.4 is 4.90 Å². The first-order chi connectivity index (χ1) is 8.69. The van der Waals surface area contributed by atoms with E-state index in [1.54, 1.807) is 12.1 Å². The van der Waals surface area contributed by atoms with Crippen molar-refractivity contribution in [2.75, 3.05) is 37.6 Å². The molecule has 0 atom stereocenters. The summed E-state index contributed by atoms with van der Waals surface area (Å²) in [6, 6.07) is 7.10. The summed E-state index contributed by atoms with van der Waals surface area (Å²) in [5.74, 6) is -0.787. The Morgan fingerprint density at radius 1 is 1.17 bits per heavy atom. The molecule has 96 valence electrons. The molecule has 1 fully saturated rings. The van der Waals surface area contributed by atoms with Crippen molar-refractivity contribution in [3.63, 3.8) is 0 Å². The van der Waals surface area contributed by atoms with Crippen LogP contribution in [0.5, 0.6) is 0 Å². The molecule has 0 unspecified atom stereocenters. The lowest BCUT2D eigenvalue weighted by Gasteiger charge is -2.35.